The molecule has 0 radical (unpaired) electrons. The molecule has 1 aromatic carbocycles. The van der Waals surface area contributed by atoms with E-state index in [-0.39, 0.29) is 11.6 Å². The molecule has 0 aliphatic rings. The van der Waals surface area contributed by atoms with Crippen molar-refractivity contribution in [3.63, 3.8) is 0 Å². The average molecular weight is 458 g/mol. The van der Waals surface area contributed by atoms with Gasteiger partial charge in [0.2, 0.25) is 5.95 Å². The van der Waals surface area contributed by atoms with Crippen LogP contribution in [0.15, 0.2) is 66.4 Å². The van der Waals surface area contributed by atoms with E-state index in [0.717, 1.165) is 27.4 Å². The smallest absolute Gasteiger partial charge is 0.273 e. The fraction of sp³-hybridized carbons (Fsp3) is 0.0870. The average Bonchev–Trinajstić information content (AvgIpc) is 3.44. The molecule has 4 aromatic heterocycles. The maximum Gasteiger partial charge on any atom is 0.273 e. The molecule has 5 rings (SSSR count). The standard InChI is InChI=1S/C23H19N7O2S/c1-24-21(31)20-19(4-3-9-26-20)32-15-5-6-18-16(12-15)27-22(30(18)2)29-23-28-17(13-33-23)14-7-10-25-11-8-14/h3-13H,1-2H3,(H,24,31)(H,27,28,29). The third kappa shape index (κ3) is 4.11. The van der Waals surface area contributed by atoms with Gasteiger partial charge in [-0.15, -0.1) is 11.3 Å². The van der Waals surface area contributed by atoms with Gasteiger partial charge in [0.1, 0.15) is 5.75 Å². The molecule has 0 aliphatic carbocycles. The Labute approximate surface area is 193 Å². The first-order valence-electron chi connectivity index (χ1n) is 10.1. The van der Waals surface area contributed by atoms with Gasteiger partial charge in [-0.1, -0.05) is 0 Å². The van der Waals surface area contributed by atoms with Crippen LogP contribution in [0.3, 0.4) is 0 Å². The number of hydrogen-bond donors (Lipinski definition) is 2. The van der Waals surface area contributed by atoms with Crippen molar-refractivity contribution in [3.05, 3.63) is 72.1 Å². The highest BCUT2D eigenvalue weighted by Crippen LogP contribution is 2.30. The lowest BCUT2D eigenvalue weighted by Gasteiger charge is -2.09. The van der Waals surface area contributed by atoms with Crippen molar-refractivity contribution >= 4 is 39.4 Å². The summed E-state index contributed by atoms with van der Waals surface area (Å²) >= 11 is 1.50. The van der Waals surface area contributed by atoms with Crippen LogP contribution in [0.25, 0.3) is 22.3 Å². The molecule has 0 fully saturated rings. The number of pyridine rings is 2. The first kappa shape index (κ1) is 20.6. The van der Waals surface area contributed by atoms with Gasteiger partial charge in [0.05, 0.1) is 16.7 Å². The summed E-state index contributed by atoms with van der Waals surface area (Å²) in [4.78, 5) is 29.6. The van der Waals surface area contributed by atoms with Gasteiger partial charge >= 0.3 is 0 Å². The Kier molecular flexibility index (Phi) is 5.41. The molecule has 164 valence electrons. The van der Waals surface area contributed by atoms with E-state index in [2.05, 4.69) is 25.6 Å². The number of aryl methyl sites for hydroxylation is 1. The van der Waals surface area contributed by atoms with Crippen LogP contribution in [-0.2, 0) is 7.05 Å². The molecule has 2 N–H and O–H groups in total. The molecule has 0 bridgehead atoms. The summed E-state index contributed by atoms with van der Waals surface area (Å²) in [5.74, 6) is 1.27. The van der Waals surface area contributed by atoms with Gasteiger partial charge in [-0.05, 0) is 36.4 Å². The third-order valence-electron chi connectivity index (χ3n) is 4.99. The number of carbonyl (C=O) groups is 1. The van der Waals surface area contributed by atoms with Gasteiger partial charge in [-0.25, -0.2) is 15.0 Å². The molecule has 1 amide bonds. The van der Waals surface area contributed by atoms with Crippen molar-refractivity contribution in [1.29, 1.82) is 0 Å². The van der Waals surface area contributed by atoms with Crippen molar-refractivity contribution in [2.75, 3.05) is 12.4 Å². The van der Waals surface area contributed by atoms with Crippen molar-refractivity contribution in [3.8, 4) is 22.8 Å². The van der Waals surface area contributed by atoms with Gasteiger partial charge in [0.25, 0.3) is 5.91 Å². The first-order valence-corrected chi connectivity index (χ1v) is 10.9. The van der Waals surface area contributed by atoms with E-state index in [0.29, 0.717) is 17.4 Å². The minimum Gasteiger partial charge on any atom is -0.455 e. The van der Waals surface area contributed by atoms with E-state index in [4.69, 9.17) is 9.72 Å². The van der Waals surface area contributed by atoms with Crippen LogP contribution in [0.1, 0.15) is 10.5 Å². The minimum atomic E-state index is -0.314. The molecule has 0 saturated heterocycles. The van der Waals surface area contributed by atoms with E-state index in [1.54, 1.807) is 37.8 Å². The molecule has 9 nitrogen and oxygen atoms in total. The molecule has 0 saturated carbocycles. The number of amides is 1. The number of benzene rings is 1. The molecule has 0 unspecified atom stereocenters. The molecule has 4 heterocycles. The highest BCUT2D eigenvalue weighted by Gasteiger charge is 2.15. The predicted octanol–water partition coefficient (Wildman–Crippen LogP) is 4.38. The highest BCUT2D eigenvalue weighted by atomic mass is 32.1. The maximum atomic E-state index is 12.1. The monoisotopic (exact) mass is 457 g/mol. The lowest BCUT2D eigenvalue weighted by atomic mass is 10.2. The zero-order valence-corrected chi connectivity index (χ0v) is 18.6. The summed E-state index contributed by atoms with van der Waals surface area (Å²) in [6.45, 7) is 0. The van der Waals surface area contributed by atoms with Gasteiger partial charge in [0, 0.05) is 49.7 Å². The second-order valence-electron chi connectivity index (χ2n) is 7.08. The fourth-order valence-corrected chi connectivity index (χ4v) is 4.04. The lowest BCUT2D eigenvalue weighted by Crippen LogP contribution is -2.19. The number of carbonyl (C=O) groups excluding carboxylic acids is 1. The van der Waals surface area contributed by atoms with Crippen molar-refractivity contribution in [2.45, 2.75) is 0 Å². The van der Waals surface area contributed by atoms with Crippen LogP contribution in [-0.4, -0.2) is 37.5 Å². The van der Waals surface area contributed by atoms with E-state index in [1.807, 2.05) is 47.3 Å². The highest BCUT2D eigenvalue weighted by molar-refractivity contribution is 7.14. The number of rotatable bonds is 6. The van der Waals surface area contributed by atoms with E-state index >= 15 is 0 Å². The summed E-state index contributed by atoms with van der Waals surface area (Å²) in [7, 11) is 3.48. The zero-order valence-electron chi connectivity index (χ0n) is 17.8. The SMILES string of the molecule is CNC(=O)c1ncccc1Oc1ccc2c(c1)nc(Nc1nc(-c3ccncc3)cs1)n2C. The van der Waals surface area contributed by atoms with Crippen LogP contribution in [0.2, 0.25) is 0 Å². The Morgan fingerprint density at radius 1 is 1.09 bits per heavy atom. The van der Waals surface area contributed by atoms with Crippen LogP contribution >= 0.6 is 11.3 Å². The quantitative estimate of drug-likeness (QED) is 0.390. The Morgan fingerprint density at radius 2 is 1.94 bits per heavy atom. The number of thiazole rings is 1. The first-order chi connectivity index (χ1) is 16.1. The van der Waals surface area contributed by atoms with E-state index in [1.165, 1.54) is 11.3 Å². The Bertz CT molecular complexity index is 1450. The van der Waals surface area contributed by atoms with E-state index in [9.17, 15) is 4.79 Å². The van der Waals surface area contributed by atoms with Crippen LogP contribution in [0.5, 0.6) is 11.5 Å². The summed E-state index contributed by atoms with van der Waals surface area (Å²) in [5, 5.41) is 8.59. The molecule has 0 aliphatic heterocycles. The number of aromatic nitrogens is 5. The molecule has 33 heavy (non-hydrogen) atoms. The molecular weight excluding hydrogens is 438 g/mol. The fourth-order valence-electron chi connectivity index (χ4n) is 3.33. The Morgan fingerprint density at radius 3 is 2.76 bits per heavy atom. The summed E-state index contributed by atoms with van der Waals surface area (Å²) < 4.78 is 7.90. The summed E-state index contributed by atoms with van der Waals surface area (Å²) in [6.07, 6.45) is 5.04. The van der Waals surface area contributed by atoms with E-state index < -0.39 is 0 Å². The van der Waals surface area contributed by atoms with Gasteiger partial charge < -0.3 is 19.9 Å². The minimum absolute atomic E-state index is 0.220. The van der Waals surface area contributed by atoms with Crippen LogP contribution in [0.4, 0.5) is 11.1 Å². The number of hydrogen-bond acceptors (Lipinski definition) is 8. The normalized spacial score (nSPS) is 10.8. The largest absolute Gasteiger partial charge is 0.455 e. The third-order valence-corrected chi connectivity index (χ3v) is 5.75. The molecule has 0 spiro atoms. The van der Waals surface area contributed by atoms with Crippen LogP contribution in [0, 0.1) is 0 Å². The molecule has 10 heteroatoms. The number of anilines is 2. The second-order valence-corrected chi connectivity index (χ2v) is 7.93. The predicted molar refractivity (Wildman–Crippen MR) is 127 cm³/mol. The summed E-state index contributed by atoms with van der Waals surface area (Å²) in [5.41, 5.74) is 3.77. The maximum absolute atomic E-state index is 12.1. The van der Waals surface area contributed by atoms with Gasteiger partial charge in [0.15, 0.2) is 16.6 Å². The number of imidazole rings is 1. The van der Waals surface area contributed by atoms with Gasteiger partial charge in [-0.2, -0.15) is 0 Å². The summed E-state index contributed by atoms with van der Waals surface area (Å²) in [6, 6.07) is 12.8. The van der Waals surface area contributed by atoms with Crippen LogP contribution < -0.4 is 15.4 Å². The zero-order chi connectivity index (χ0) is 22.8. The van der Waals surface area contributed by atoms with Crippen molar-refractivity contribution in [1.82, 2.24) is 29.8 Å². The molecular formula is C23H19N7O2S. The number of nitrogens with zero attached hydrogens (tertiary/aromatic N) is 5. The topological polar surface area (TPSA) is 107 Å². The molecule has 0 atom stereocenters. The number of fused-ring (bicyclic) bond motifs is 1. The number of nitrogens with one attached hydrogen (secondary N) is 2. The Hall–Kier alpha value is -4.31. The lowest BCUT2D eigenvalue weighted by molar-refractivity contribution is 0.0955. The van der Waals surface area contributed by atoms with Crippen molar-refractivity contribution < 1.29 is 9.53 Å². The number of ether oxygens (including phenoxy) is 1. The molecule has 5 aromatic rings. The van der Waals surface area contributed by atoms with Crippen molar-refractivity contribution in [2.24, 2.45) is 7.05 Å². The second kappa shape index (κ2) is 8.67. The Balaban J connectivity index is 1.40. The van der Waals surface area contributed by atoms with Gasteiger partial charge in [-0.3, -0.25) is 9.78 Å².